The van der Waals surface area contributed by atoms with E-state index in [2.05, 4.69) is 15.2 Å². The zero-order valence-corrected chi connectivity index (χ0v) is 8.92. The highest BCUT2D eigenvalue weighted by atomic mass is 16.3. The smallest absolute Gasteiger partial charge is 0.225 e. The summed E-state index contributed by atoms with van der Waals surface area (Å²) in [5.41, 5.74) is 8.40. The molecule has 0 radical (unpaired) electrons. The standard InChI is InChI=1S/C12H10N4O/c13-11-7-10(15-16-11)8-1-3-9(4-2-8)12-14-5-6-17-12/h1-7H,(H3,13,15,16). The molecule has 0 atom stereocenters. The summed E-state index contributed by atoms with van der Waals surface area (Å²) in [7, 11) is 0. The Labute approximate surface area is 97.3 Å². The van der Waals surface area contributed by atoms with Gasteiger partial charge in [0.15, 0.2) is 0 Å². The first kappa shape index (κ1) is 9.65. The molecule has 0 unspecified atom stereocenters. The number of nitrogens with zero attached hydrogens (tertiary/aromatic N) is 2. The fraction of sp³-hybridized carbons (Fsp3) is 0. The van der Waals surface area contributed by atoms with E-state index in [0.29, 0.717) is 11.7 Å². The van der Waals surface area contributed by atoms with E-state index in [1.165, 1.54) is 0 Å². The van der Waals surface area contributed by atoms with Gasteiger partial charge in [-0.25, -0.2) is 4.98 Å². The minimum absolute atomic E-state index is 0.483. The maximum absolute atomic E-state index is 5.56. The van der Waals surface area contributed by atoms with Crippen LogP contribution in [0.3, 0.4) is 0 Å². The number of aromatic amines is 1. The van der Waals surface area contributed by atoms with Gasteiger partial charge in [0.2, 0.25) is 5.89 Å². The molecule has 0 aliphatic carbocycles. The van der Waals surface area contributed by atoms with E-state index in [1.807, 2.05) is 24.3 Å². The second kappa shape index (κ2) is 3.79. The second-order valence-electron chi connectivity index (χ2n) is 3.62. The van der Waals surface area contributed by atoms with Crippen molar-refractivity contribution in [3.05, 3.63) is 42.8 Å². The van der Waals surface area contributed by atoms with Crippen molar-refractivity contribution >= 4 is 5.82 Å². The molecule has 0 aliphatic rings. The summed E-state index contributed by atoms with van der Waals surface area (Å²) in [4.78, 5) is 4.09. The van der Waals surface area contributed by atoms with Gasteiger partial charge in [0, 0.05) is 11.6 Å². The molecule has 5 heteroatoms. The van der Waals surface area contributed by atoms with E-state index in [0.717, 1.165) is 16.8 Å². The van der Waals surface area contributed by atoms with Crippen molar-refractivity contribution in [3.8, 4) is 22.7 Å². The zero-order valence-electron chi connectivity index (χ0n) is 8.92. The summed E-state index contributed by atoms with van der Waals surface area (Å²) >= 11 is 0. The van der Waals surface area contributed by atoms with Gasteiger partial charge in [-0.1, -0.05) is 12.1 Å². The highest BCUT2D eigenvalue weighted by Gasteiger charge is 2.04. The summed E-state index contributed by atoms with van der Waals surface area (Å²) in [6.45, 7) is 0. The number of aromatic nitrogens is 3. The Hall–Kier alpha value is -2.56. The van der Waals surface area contributed by atoms with E-state index in [4.69, 9.17) is 10.2 Å². The topological polar surface area (TPSA) is 80.7 Å². The molecular formula is C12H10N4O. The Balaban J connectivity index is 1.95. The Kier molecular flexibility index (Phi) is 2.15. The van der Waals surface area contributed by atoms with Crippen molar-refractivity contribution in [3.63, 3.8) is 0 Å². The number of benzene rings is 1. The normalized spacial score (nSPS) is 10.6. The molecule has 0 fully saturated rings. The van der Waals surface area contributed by atoms with Crippen LogP contribution in [0.5, 0.6) is 0 Å². The number of rotatable bonds is 2. The van der Waals surface area contributed by atoms with Gasteiger partial charge in [0.1, 0.15) is 12.1 Å². The van der Waals surface area contributed by atoms with Crippen LogP contribution in [-0.4, -0.2) is 15.2 Å². The summed E-state index contributed by atoms with van der Waals surface area (Å²) in [6, 6.07) is 9.61. The van der Waals surface area contributed by atoms with Gasteiger partial charge in [0.05, 0.1) is 11.9 Å². The van der Waals surface area contributed by atoms with Crippen LogP contribution in [0, 0.1) is 0 Å². The molecule has 84 valence electrons. The van der Waals surface area contributed by atoms with E-state index >= 15 is 0 Å². The number of hydrogen-bond donors (Lipinski definition) is 2. The second-order valence-corrected chi connectivity index (χ2v) is 3.62. The number of nitrogens with two attached hydrogens (primary N) is 1. The monoisotopic (exact) mass is 226 g/mol. The number of H-pyrrole nitrogens is 1. The van der Waals surface area contributed by atoms with Crippen LogP contribution in [-0.2, 0) is 0 Å². The molecule has 2 heterocycles. The largest absolute Gasteiger partial charge is 0.445 e. The van der Waals surface area contributed by atoms with Crippen molar-refractivity contribution in [1.29, 1.82) is 0 Å². The zero-order chi connectivity index (χ0) is 11.7. The Bertz CT molecular complexity index is 610. The fourth-order valence-electron chi connectivity index (χ4n) is 1.64. The summed E-state index contributed by atoms with van der Waals surface area (Å²) in [5.74, 6) is 1.09. The maximum atomic E-state index is 5.56. The molecule has 0 amide bonds. The molecule has 0 bridgehead atoms. The molecular weight excluding hydrogens is 216 g/mol. The average Bonchev–Trinajstić information content (AvgIpc) is 3.00. The van der Waals surface area contributed by atoms with Gasteiger partial charge in [-0.3, -0.25) is 5.10 Å². The molecule has 17 heavy (non-hydrogen) atoms. The van der Waals surface area contributed by atoms with Crippen molar-refractivity contribution in [2.24, 2.45) is 0 Å². The number of hydrogen-bond acceptors (Lipinski definition) is 4. The lowest BCUT2D eigenvalue weighted by atomic mass is 10.1. The Morgan fingerprint density at radius 2 is 1.88 bits per heavy atom. The Morgan fingerprint density at radius 3 is 2.47 bits per heavy atom. The molecule has 0 saturated carbocycles. The van der Waals surface area contributed by atoms with Crippen molar-refractivity contribution < 1.29 is 4.42 Å². The number of anilines is 1. The van der Waals surface area contributed by atoms with Gasteiger partial charge in [0.25, 0.3) is 0 Å². The average molecular weight is 226 g/mol. The molecule has 5 nitrogen and oxygen atoms in total. The third kappa shape index (κ3) is 1.78. The van der Waals surface area contributed by atoms with Crippen LogP contribution in [0.1, 0.15) is 0 Å². The van der Waals surface area contributed by atoms with E-state index in [9.17, 15) is 0 Å². The summed E-state index contributed by atoms with van der Waals surface area (Å²) in [6.07, 6.45) is 3.18. The van der Waals surface area contributed by atoms with Gasteiger partial charge in [-0.2, -0.15) is 5.10 Å². The predicted molar refractivity (Wildman–Crippen MR) is 63.9 cm³/mol. The molecule has 0 saturated heterocycles. The molecule has 2 aromatic heterocycles. The lowest BCUT2D eigenvalue weighted by molar-refractivity contribution is 0.574. The predicted octanol–water partition coefficient (Wildman–Crippen LogP) is 2.31. The highest BCUT2D eigenvalue weighted by Crippen LogP contribution is 2.23. The van der Waals surface area contributed by atoms with E-state index < -0.39 is 0 Å². The summed E-state index contributed by atoms with van der Waals surface area (Å²) < 4.78 is 5.22. The van der Waals surface area contributed by atoms with Crippen LogP contribution >= 0.6 is 0 Å². The third-order valence-corrected chi connectivity index (χ3v) is 2.47. The van der Waals surface area contributed by atoms with Crippen molar-refractivity contribution in [2.75, 3.05) is 5.73 Å². The van der Waals surface area contributed by atoms with Crippen LogP contribution in [0.2, 0.25) is 0 Å². The van der Waals surface area contributed by atoms with Crippen molar-refractivity contribution in [1.82, 2.24) is 15.2 Å². The van der Waals surface area contributed by atoms with Gasteiger partial charge >= 0.3 is 0 Å². The number of oxazole rings is 1. The molecule has 3 rings (SSSR count). The van der Waals surface area contributed by atoms with Crippen LogP contribution in [0.4, 0.5) is 5.82 Å². The first-order valence-electron chi connectivity index (χ1n) is 5.14. The molecule has 3 N–H and O–H groups in total. The quantitative estimate of drug-likeness (QED) is 0.702. The molecule has 1 aromatic carbocycles. The van der Waals surface area contributed by atoms with Crippen LogP contribution < -0.4 is 5.73 Å². The minimum atomic E-state index is 0.483. The Morgan fingerprint density at radius 1 is 1.12 bits per heavy atom. The molecule has 3 aromatic rings. The minimum Gasteiger partial charge on any atom is -0.445 e. The first-order valence-corrected chi connectivity index (χ1v) is 5.14. The lowest BCUT2D eigenvalue weighted by Gasteiger charge is -1.98. The highest BCUT2D eigenvalue weighted by molar-refractivity contribution is 5.66. The molecule has 0 aliphatic heterocycles. The van der Waals surface area contributed by atoms with Crippen molar-refractivity contribution in [2.45, 2.75) is 0 Å². The van der Waals surface area contributed by atoms with E-state index in [1.54, 1.807) is 18.5 Å². The van der Waals surface area contributed by atoms with Crippen LogP contribution in [0.15, 0.2) is 47.2 Å². The maximum Gasteiger partial charge on any atom is 0.225 e. The van der Waals surface area contributed by atoms with Gasteiger partial charge in [-0.05, 0) is 17.7 Å². The number of nitrogen functional groups attached to an aromatic ring is 1. The SMILES string of the molecule is Nc1cc(-c2ccc(-c3ncco3)cc2)[nH]n1. The van der Waals surface area contributed by atoms with Crippen LogP contribution in [0.25, 0.3) is 22.7 Å². The third-order valence-electron chi connectivity index (χ3n) is 2.47. The summed E-state index contributed by atoms with van der Waals surface area (Å²) in [5, 5.41) is 6.75. The lowest BCUT2D eigenvalue weighted by Crippen LogP contribution is -1.81. The van der Waals surface area contributed by atoms with E-state index in [-0.39, 0.29) is 0 Å². The number of nitrogens with one attached hydrogen (secondary N) is 1. The first-order chi connectivity index (χ1) is 8.33. The van der Waals surface area contributed by atoms with Gasteiger partial charge in [-0.15, -0.1) is 0 Å². The fourth-order valence-corrected chi connectivity index (χ4v) is 1.64. The van der Waals surface area contributed by atoms with Gasteiger partial charge < -0.3 is 10.2 Å². The molecule has 0 spiro atoms.